The number of methoxy groups -OCH3 is 1. The van der Waals surface area contributed by atoms with Crippen LogP contribution < -0.4 is 10.3 Å². The lowest BCUT2D eigenvalue weighted by Gasteiger charge is -2.07. The topological polar surface area (TPSA) is 55.0 Å². The number of aromatic amines is 1. The van der Waals surface area contributed by atoms with Crippen LogP contribution in [-0.2, 0) is 6.42 Å². The Bertz CT molecular complexity index is 650. The molecule has 19 heavy (non-hydrogen) atoms. The quantitative estimate of drug-likeness (QED) is 0.938. The van der Waals surface area contributed by atoms with Gasteiger partial charge in [0.25, 0.3) is 5.56 Å². The van der Waals surface area contributed by atoms with Crippen LogP contribution in [0.2, 0.25) is 0 Å². The summed E-state index contributed by atoms with van der Waals surface area (Å²) in [6.45, 7) is 4.30. The van der Waals surface area contributed by atoms with E-state index in [1.54, 1.807) is 19.2 Å². The number of nitrogens with one attached hydrogen (secondary N) is 1. The van der Waals surface area contributed by atoms with Gasteiger partial charge in [0, 0.05) is 12.5 Å². The van der Waals surface area contributed by atoms with Gasteiger partial charge < -0.3 is 9.72 Å². The molecule has 0 radical (unpaired) electrons. The lowest BCUT2D eigenvalue weighted by atomic mass is 10.1. The fourth-order valence-electron chi connectivity index (χ4n) is 1.89. The van der Waals surface area contributed by atoms with Crippen LogP contribution in [0, 0.1) is 5.92 Å². The van der Waals surface area contributed by atoms with E-state index in [0.29, 0.717) is 22.6 Å². The summed E-state index contributed by atoms with van der Waals surface area (Å²) in [5, 5.41) is 0.570. The molecule has 1 aromatic heterocycles. The molecule has 102 valence electrons. The number of hydrogen-bond donors (Lipinski definition) is 1. The highest BCUT2D eigenvalue weighted by Crippen LogP contribution is 2.28. The Hall–Kier alpha value is -1.36. The number of nitrogens with zero attached hydrogens (tertiary/aromatic N) is 1. The fourth-order valence-corrected chi connectivity index (χ4v) is 2.39. The normalized spacial score (nSPS) is 11.2. The predicted octanol–water partition coefficient (Wildman–Crippen LogP) is 3.28. The van der Waals surface area contributed by atoms with E-state index in [0.717, 1.165) is 23.1 Å². The highest BCUT2D eigenvalue weighted by atomic mass is 79.9. The molecule has 0 aliphatic carbocycles. The van der Waals surface area contributed by atoms with Crippen LogP contribution in [0.5, 0.6) is 5.75 Å². The second kappa shape index (κ2) is 5.74. The molecular weight excluding hydrogens is 308 g/mol. The molecular formula is C14H17BrN2O2. The summed E-state index contributed by atoms with van der Waals surface area (Å²) in [6, 6.07) is 3.53. The van der Waals surface area contributed by atoms with Gasteiger partial charge in [0.1, 0.15) is 11.6 Å². The van der Waals surface area contributed by atoms with Crippen molar-refractivity contribution in [2.24, 2.45) is 5.92 Å². The molecule has 0 saturated carbocycles. The Labute approximate surface area is 120 Å². The molecule has 0 saturated heterocycles. The van der Waals surface area contributed by atoms with E-state index in [1.807, 2.05) is 0 Å². The molecule has 2 aromatic rings. The van der Waals surface area contributed by atoms with Gasteiger partial charge >= 0.3 is 0 Å². The third kappa shape index (κ3) is 3.15. The number of aromatic nitrogens is 2. The predicted molar refractivity (Wildman–Crippen MR) is 79.8 cm³/mol. The number of ether oxygens (including phenoxy) is 1. The fraction of sp³-hybridized carbons (Fsp3) is 0.429. The third-order valence-electron chi connectivity index (χ3n) is 2.99. The summed E-state index contributed by atoms with van der Waals surface area (Å²) in [7, 11) is 1.60. The van der Waals surface area contributed by atoms with Crippen LogP contribution >= 0.6 is 15.9 Å². The van der Waals surface area contributed by atoms with Crippen molar-refractivity contribution in [1.82, 2.24) is 9.97 Å². The first-order chi connectivity index (χ1) is 9.01. The number of fused-ring (bicyclic) bond motifs is 1. The second-order valence-corrected chi connectivity index (χ2v) is 5.80. The first-order valence-electron chi connectivity index (χ1n) is 6.27. The minimum atomic E-state index is -0.105. The molecule has 0 atom stereocenters. The second-order valence-electron chi connectivity index (χ2n) is 4.95. The van der Waals surface area contributed by atoms with Crippen LogP contribution in [0.15, 0.2) is 21.4 Å². The smallest absolute Gasteiger partial charge is 0.258 e. The van der Waals surface area contributed by atoms with E-state index in [2.05, 4.69) is 39.7 Å². The summed E-state index contributed by atoms with van der Waals surface area (Å²) in [5.74, 6) is 2.00. The first kappa shape index (κ1) is 14.1. The van der Waals surface area contributed by atoms with E-state index in [9.17, 15) is 4.79 Å². The number of halogens is 1. The zero-order valence-electron chi connectivity index (χ0n) is 11.3. The molecule has 0 unspecified atom stereocenters. The third-order valence-corrected chi connectivity index (χ3v) is 3.61. The maximum absolute atomic E-state index is 12.0. The molecule has 0 spiro atoms. The molecule has 0 fully saturated rings. The maximum atomic E-state index is 12.0. The molecule has 0 amide bonds. The van der Waals surface area contributed by atoms with Gasteiger partial charge in [0.2, 0.25) is 0 Å². The van der Waals surface area contributed by atoms with Crippen LogP contribution in [0.1, 0.15) is 26.1 Å². The van der Waals surface area contributed by atoms with Gasteiger partial charge in [-0.15, -0.1) is 0 Å². The van der Waals surface area contributed by atoms with Crippen molar-refractivity contribution in [3.63, 3.8) is 0 Å². The van der Waals surface area contributed by atoms with Gasteiger partial charge in [-0.25, -0.2) is 4.98 Å². The van der Waals surface area contributed by atoms with Crippen molar-refractivity contribution in [1.29, 1.82) is 0 Å². The number of rotatable bonds is 4. The van der Waals surface area contributed by atoms with Gasteiger partial charge in [-0.05, 0) is 34.3 Å². The number of aryl methyl sites for hydroxylation is 1. The van der Waals surface area contributed by atoms with Crippen LogP contribution in [-0.4, -0.2) is 17.1 Å². The Kier molecular flexibility index (Phi) is 4.24. The molecule has 5 heteroatoms. The maximum Gasteiger partial charge on any atom is 0.258 e. The van der Waals surface area contributed by atoms with Crippen molar-refractivity contribution in [2.45, 2.75) is 26.7 Å². The minimum Gasteiger partial charge on any atom is -0.495 e. The Balaban J connectivity index is 2.49. The lowest BCUT2D eigenvalue weighted by molar-refractivity contribution is 0.412. The van der Waals surface area contributed by atoms with E-state index < -0.39 is 0 Å². The summed E-state index contributed by atoms with van der Waals surface area (Å²) in [5.41, 5.74) is 0.565. The van der Waals surface area contributed by atoms with E-state index >= 15 is 0 Å². The van der Waals surface area contributed by atoms with Crippen molar-refractivity contribution in [3.05, 3.63) is 32.8 Å². The summed E-state index contributed by atoms with van der Waals surface area (Å²) >= 11 is 3.37. The average Bonchev–Trinajstić information content (AvgIpc) is 2.36. The van der Waals surface area contributed by atoms with Gasteiger partial charge in [0.15, 0.2) is 0 Å². The average molecular weight is 325 g/mol. The molecule has 1 N–H and O–H groups in total. The van der Waals surface area contributed by atoms with Crippen LogP contribution in [0.25, 0.3) is 10.9 Å². The van der Waals surface area contributed by atoms with E-state index in [4.69, 9.17) is 4.74 Å². The van der Waals surface area contributed by atoms with E-state index in [1.165, 1.54) is 0 Å². The van der Waals surface area contributed by atoms with Gasteiger partial charge in [0.05, 0.1) is 22.5 Å². The monoisotopic (exact) mass is 324 g/mol. The summed E-state index contributed by atoms with van der Waals surface area (Å²) in [4.78, 5) is 19.4. The van der Waals surface area contributed by atoms with Crippen LogP contribution in [0.3, 0.4) is 0 Å². The Morgan fingerprint density at radius 1 is 1.42 bits per heavy atom. The standard InChI is InChI=1S/C14H17BrN2O2/c1-8(2)4-5-13-16-11-7-12(19-3)10(15)6-9(11)14(18)17-13/h6-8H,4-5H2,1-3H3,(H,16,17,18). The number of benzene rings is 1. The van der Waals surface area contributed by atoms with Crippen molar-refractivity contribution in [2.75, 3.05) is 7.11 Å². The molecule has 0 bridgehead atoms. The SMILES string of the molecule is COc1cc2nc(CCC(C)C)[nH]c(=O)c2cc1Br. The van der Waals surface area contributed by atoms with Gasteiger partial charge in [-0.2, -0.15) is 0 Å². The highest BCUT2D eigenvalue weighted by Gasteiger charge is 2.09. The van der Waals surface area contributed by atoms with Crippen LogP contribution in [0.4, 0.5) is 0 Å². The van der Waals surface area contributed by atoms with E-state index in [-0.39, 0.29) is 5.56 Å². The molecule has 0 aliphatic heterocycles. The summed E-state index contributed by atoms with van der Waals surface area (Å²) in [6.07, 6.45) is 1.78. The largest absolute Gasteiger partial charge is 0.495 e. The van der Waals surface area contributed by atoms with Gasteiger partial charge in [-0.1, -0.05) is 13.8 Å². The molecule has 4 nitrogen and oxygen atoms in total. The van der Waals surface area contributed by atoms with Crippen molar-refractivity contribution in [3.8, 4) is 5.75 Å². The molecule has 1 heterocycles. The molecule has 2 rings (SSSR count). The van der Waals surface area contributed by atoms with Crippen molar-refractivity contribution < 1.29 is 4.74 Å². The Morgan fingerprint density at radius 3 is 2.79 bits per heavy atom. The number of hydrogen-bond acceptors (Lipinski definition) is 3. The number of H-pyrrole nitrogens is 1. The van der Waals surface area contributed by atoms with Gasteiger partial charge in [-0.3, -0.25) is 4.79 Å². The van der Waals surface area contributed by atoms with Crippen molar-refractivity contribution >= 4 is 26.8 Å². The zero-order chi connectivity index (χ0) is 14.0. The zero-order valence-corrected chi connectivity index (χ0v) is 12.9. The first-order valence-corrected chi connectivity index (χ1v) is 7.07. The molecule has 0 aliphatic rings. The summed E-state index contributed by atoms with van der Waals surface area (Å²) < 4.78 is 5.99. The Morgan fingerprint density at radius 2 is 2.16 bits per heavy atom. The highest BCUT2D eigenvalue weighted by molar-refractivity contribution is 9.10. The minimum absolute atomic E-state index is 0.105. The molecule has 1 aromatic carbocycles. The lowest BCUT2D eigenvalue weighted by Crippen LogP contribution is -2.12.